The fraction of sp³-hybridized carbons (Fsp3) is 0.0625. The van der Waals surface area contributed by atoms with E-state index in [4.69, 9.17) is 0 Å². The monoisotopic (exact) mass is 254 g/mol. The van der Waals surface area contributed by atoms with Crippen LogP contribution in [0.1, 0.15) is 16.7 Å². The molecule has 96 valence electrons. The molecule has 0 bridgehead atoms. The van der Waals surface area contributed by atoms with E-state index < -0.39 is 5.97 Å². The van der Waals surface area contributed by atoms with Gasteiger partial charge < -0.3 is 10.2 Å². The Bertz CT molecular complexity index is 607. The summed E-state index contributed by atoms with van der Waals surface area (Å²) in [4.78, 5) is 11.3. The molecule has 0 aliphatic rings. The van der Waals surface area contributed by atoms with Gasteiger partial charge in [-0.15, -0.1) is 0 Å². The van der Waals surface area contributed by atoms with E-state index in [9.17, 15) is 15.0 Å². The number of hydrogen-bond acceptors (Lipinski definition) is 2. The Morgan fingerprint density at radius 1 is 1.00 bits per heavy atom. The summed E-state index contributed by atoms with van der Waals surface area (Å²) in [6.07, 6.45) is 1.62. The lowest BCUT2D eigenvalue weighted by Gasteiger charge is -2.04. The molecule has 2 aromatic rings. The van der Waals surface area contributed by atoms with Crippen LogP contribution in [0.3, 0.4) is 0 Å². The van der Waals surface area contributed by atoms with Gasteiger partial charge in [0, 0.05) is 0 Å². The first-order valence-corrected chi connectivity index (χ1v) is 5.87. The molecule has 3 heteroatoms. The van der Waals surface area contributed by atoms with Crippen molar-refractivity contribution in [3.05, 3.63) is 65.2 Å². The zero-order valence-corrected chi connectivity index (χ0v) is 10.5. The van der Waals surface area contributed by atoms with Gasteiger partial charge in [0.1, 0.15) is 5.75 Å². The third kappa shape index (κ3) is 3.22. The number of aliphatic carboxylic acids is 1. The van der Waals surface area contributed by atoms with Gasteiger partial charge in [-0.3, -0.25) is 0 Å². The Labute approximate surface area is 111 Å². The van der Waals surface area contributed by atoms with Crippen molar-refractivity contribution in [1.29, 1.82) is 0 Å². The first-order valence-electron chi connectivity index (χ1n) is 5.87. The maximum absolute atomic E-state index is 11.3. The van der Waals surface area contributed by atoms with E-state index in [-0.39, 0.29) is 11.3 Å². The van der Waals surface area contributed by atoms with Gasteiger partial charge in [0.05, 0.1) is 5.57 Å². The molecule has 0 aromatic heterocycles. The Hall–Kier alpha value is -2.55. The molecular formula is C16H14O3. The summed E-state index contributed by atoms with van der Waals surface area (Å²) in [7, 11) is 0. The average Bonchev–Trinajstić information content (AvgIpc) is 2.39. The lowest BCUT2D eigenvalue weighted by molar-refractivity contribution is -0.130. The number of carboxylic acids is 1. The van der Waals surface area contributed by atoms with Crippen LogP contribution in [0.5, 0.6) is 5.75 Å². The van der Waals surface area contributed by atoms with Crippen molar-refractivity contribution < 1.29 is 15.0 Å². The predicted octanol–water partition coefficient (Wildman–Crippen LogP) is 3.33. The molecule has 0 amide bonds. The summed E-state index contributed by atoms with van der Waals surface area (Å²) >= 11 is 0. The van der Waals surface area contributed by atoms with Gasteiger partial charge in [-0.05, 0) is 36.3 Å². The zero-order valence-electron chi connectivity index (χ0n) is 10.5. The van der Waals surface area contributed by atoms with Crippen molar-refractivity contribution >= 4 is 17.6 Å². The molecule has 0 atom stereocenters. The van der Waals surface area contributed by atoms with E-state index in [1.54, 1.807) is 18.2 Å². The lowest BCUT2D eigenvalue weighted by Crippen LogP contribution is -1.99. The minimum atomic E-state index is -0.994. The summed E-state index contributed by atoms with van der Waals surface area (Å²) in [6, 6.07) is 13.7. The van der Waals surface area contributed by atoms with E-state index >= 15 is 0 Å². The van der Waals surface area contributed by atoms with E-state index in [0.717, 1.165) is 11.1 Å². The Morgan fingerprint density at radius 3 is 2.11 bits per heavy atom. The summed E-state index contributed by atoms with van der Waals surface area (Å²) in [6.45, 7) is 1.98. The molecule has 0 aliphatic carbocycles. The van der Waals surface area contributed by atoms with Crippen LogP contribution in [-0.2, 0) is 4.79 Å². The van der Waals surface area contributed by atoms with Crippen molar-refractivity contribution in [3.63, 3.8) is 0 Å². The van der Waals surface area contributed by atoms with Gasteiger partial charge in [0.15, 0.2) is 0 Å². The number of hydrogen-bond donors (Lipinski definition) is 2. The molecule has 2 aromatic carbocycles. The molecule has 0 spiro atoms. The highest BCUT2D eigenvalue weighted by Crippen LogP contribution is 2.21. The van der Waals surface area contributed by atoms with E-state index in [0.29, 0.717) is 5.56 Å². The molecule has 3 nitrogen and oxygen atoms in total. The summed E-state index contributed by atoms with van der Waals surface area (Å²) < 4.78 is 0. The summed E-state index contributed by atoms with van der Waals surface area (Å²) in [5.41, 5.74) is 2.71. The number of carbonyl (C=O) groups is 1. The van der Waals surface area contributed by atoms with Gasteiger partial charge in [-0.2, -0.15) is 0 Å². The highest BCUT2D eigenvalue weighted by molar-refractivity contribution is 6.20. The standard InChI is InChI=1S/C16H14O3/c1-11-2-4-12(5-3-11)10-15(16(18)19)13-6-8-14(17)9-7-13/h2-10,17H,1H3,(H,18,19). The zero-order chi connectivity index (χ0) is 13.8. The molecule has 0 aliphatic heterocycles. The van der Waals surface area contributed by atoms with E-state index in [2.05, 4.69) is 0 Å². The van der Waals surface area contributed by atoms with Crippen LogP contribution in [0.15, 0.2) is 48.5 Å². The Balaban J connectivity index is 2.43. The third-order valence-electron chi connectivity index (χ3n) is 2.80. The number of carboxylic acid groups (broad SMARTS) is 1. The molecule has 0 unspecified atom stereocenters. The van der Waals surface area contributed by atoms with Gasteiger partial charge >= 0.3 is 5.97 Å². The van der Waals surface area contributed by atoms with Crippen molar-refractivity contribution in [2.75, 3.05) is 0 Å². The van der Waals surface area contributed by atoms with Gasteiger partial charge in [0.25, 0.3) is 0 Å². The van der Waals surface area contributed by atoms with E-state index in [1.165, 1.54) is 12.1 Å². The molecule has 0 saturated heterocycles. The van der Waals surface area contributed by atoms with Gasteiger partial charge in [-0.1, -0.05) is 42.0 Å². The smallest absolute Gasteiger partial charge is 0.336 e. The lowest BCUT2D eigenvalue weighted by atomic mass is 10.0. The Kier molecular flexibility index (Phi) is 3.66. The second kappa shape index (κ2) is 5.40. The second-order valence-corrected chi connectivity index (χ2v) is 4.32. The Morgan fingerprint density at radius 2 is 1.58 bits per heavy atom. The molecule has 0 saturated carbocycles. The summed E-state index contributed by atoms with van der Waals surface area (Å²) in [5.74, 6) is -0.880. The minimum Gasteiger partial charge on any atom is -0.508 e. The molecule has 0 fully saturated rings. The van der Waals surface area contributed by atoms with Crippen LogP contribution in [0.25, 0.3) is 11.6 Å². The van der Waals surface area contributed by atoms with Crippen LogP contribution in [-0.4, -0.2) is 16.2 Å². The normalized spacial score (nSPS) is 11.3. The number of benzene rings is 2. The molecule has 0 radical (unpaired) electrons. The van der Waals surface area contributed by atoms with Crippen molar-refractivity contribution in [2.45, 2.75) is 6.92 Å². The SMILES string of the molecule is Cc1ccc(C=C(C(=O)O)c2ccc(O)cc2)cc1. The molecule has 2 N–H and O–H groups in total. The van der Waals surface area contributed by atoms with Crippen molar-refractivity contribution in [1.82, 2.24) is 0 Å². The third-order valence-corrected chi connectivity index (χ3v) is 2.80. The maximum atomic E-state index is 11.3. The number of aromatic hydroxyl groups is 1. The van der Waals surface area contributed by atoms with Crippen LogP contribution in [0.2, 0.25) is 0 Å². The molecule has 19 heavy (non-hydrogen) atoms. The van der Waals surface area contributed by atoms with Gasteiger partial charge in [0.2, 0.25) is 0 Å². The quantitative estimate of drug-likeness (QED) is 0.652. The van der Waals surface area contributed by atoms with Crippen molar-refractivity contribution in [2.24, 2.45) is 0 Å². The highest BCUT2D eigenvalue weighted by Gasteiger charge is 2.10. The number of phenolic OH excluding ortho intramolecular Hbond substituents is 1. The maximum Gasteiger partial charge on any atom is 0.336 e. The van der Waals surface area contributed by atoms with Crippen LogP contribution in [0, 0.1) is 6.92 Å². The largest absolute Gasteiger partial charge is 0.508 e. The predicted molar refractivity (Wildman–Crippen MR) is 74.8 cm³/mol. The molecule has 2 rings (SSSR count). The van der Waals surface area contributed by atoms with E-state index in [1.807, 2.05) is 31.2 Å². The van der Waals surface area contributed by atoms with Crippen molar-refractivity contribution in [3.8, 4) is 5.75 Å². The van der Waals surface area contributed by atoms with Gasteiger partial charge in [-0.25, -0.2) is 4.79 Å². The highest BCUT2D eigenvalue weighted by atomic mass is 16.4. The fourth-order valence-corrected chi connectivity index (χ4v) is 1.74. The molecule has 0 heterocycles. The van der Waals surface area contributed by atoms with Crippen LogP contribution < -0.4 is 0 Å². The summed E-state index contributed by atoms with van der Waals surface area (Å²) in [5, 5.41) is 18.5. The number of aryl methyl sites for hydroxylation is 1. The first-order chi connectivity index (χ1) is 9.06. The first kappa shape index (κ1) is 12.9. The topological polar surface area (TPSA) is 57.5 Å². The number of phenols is 1. The minimum absolute atomic E-state index is 0.115. The second-order valence-electron chi connectivity index (χ2n) is 4.32. The number of rotatable bonds is 3. The van der Waals surface area contributed by atoms with Crippen LogP contribution >= 0.6 is 0 Å². The fourth-order valence-electron chi connectivity index (χ4n) is 1.74. The van der Waals surface area contributed by atoms with Crippen LogP contribution in [0.4, 0.5) is 0 Å². The average molecular weight is 254 g/mol. The molecular weight excluding hydrogens is 240 g/mol.